The van der Waals surface area contributed by atoms with Gasteiger partial charge in [-0.15, -0.1) is 4.85 Å². The van der Waals surface area contributed by atoms with E-state index < -0.39 is 0 Å². The molecule has 0 radical (unpaired) electrons. The largest absolute Gasteiger partial charge is 0.691 e. The fourth-order valence-electron chi connectivity index (χ4n) is 1.01. The van der Waals surface area contributed by atoms with Gasteiger partial charge >= 0.3 is 5.88 Å². The highest BCUT2D eigenvalue weighted by Gasteiger charge is 2.09. The molecule has 0 atom stereocenters. The van der Waals surface area contributed by atoms with Gasteiger partial charge in [-0.1, -0.05) is 12.1 Å². The molecule has 1 N–H and O–H groups in total. The lowest BCUT2D eigenvalue weighted by Gasteiger charge is -1.99. The van der Waals surface area contributed by atoms with Crippen molar-refractivity contribution in [1.29, 1.82) is 0 Å². The van der Waals surface area contributed by atoms with Crippen LogP contribution < -0.4 is 4.85 Å². The van der Waals surface area contributed by atoms with E-state index in [1.807, 2.05) is 0 Å². The van der Waals surface area contributed by atoms with Crippen LogP contribution in [0, 0.1) is 5.21 Å². The summed E-state index contributed by atoms with van der Waals surface area (Å²) in [6.45, 7) is 0. The fraction of sp³-hybridized carbons (Fsp3) is 0. The van der Waals surface area contributed by atoms with E-state index in [1.54, 1.807) is 24.3 Å². The highest BCUT2D eigenvalue weighted by Crippen LogP contribution is 2.16. The normalized spacial score (nSPS) is 10.3. The molecule has 0 aliphatic rings. The van der Waals surface area contributed by atoms with Crippen LogP contribution in [0.1, 0.15) is 0 Å². The van der Waals surface area contributed by atoms with Crippen LogP contribution in [0.5, 0.6) is 5.88 Å². The zero-order valence-electron chi connectivity index (χ0n) is 6.01. The van der Waals surface area contributed by atoms with Crippen LogP contribution in [0.2, 0.25) is 0 Å². The van der Waals surface area contributed by atoms with Gasteiger partial charge in [-0.3, -0.25) is 0 Å². The Morgan fingerprint density at radius 3 is 2.83 bits per heavy atom. The lowest BCUT2D eigenvalue weighted by molar-refractivity contribution is -0.648. The first-order valence-corrected chi connectivity index (χ1v) is 3.33. The first kappa shape index (κ1) is 6.78. The zero-order chi connectivity index (χ0) is 8.55. The highest BCUT2D eigenvalue weighted by atomic mass is 16.5. The summed E-state index contributed by atoms with van der Waals surface area (Å²) < 4.78 is 0. The average Bonchev–Trinajstić information content (AvgIpc) is 2.12. The molecule has 1 aromatic carbocycles. The second-order valence-corrected chi connectivity index (χ2v) is 2.30. The van der Waals surface area contributed by atoms with Crippen LogP contribution in [0.25, 0.3) is 10.9 Å². The van der Waals surface area contributed by atoms with Gasteiger partial charge in [0.25, 0.3) is 0 Å². The van der Waals surface area contributed by atoms with Crippen molar-refractivity contribution in [3.63, 3.8) is 0 Å². The van der Waals surface area contributed by atoms with Gasteiger partial charge in [0.1, 0.15) is 15.7 Å². The van der Waals surface area contributed by atoms with Gasteiger partial charge in [-0.05, 0) is 12.1 Å². The van der Waals surface area contributed by atoms with E-state index in [1.165, 1.54) is 0 Å². The Balaban J connectivity index is 2.95. The number of nitrogens with zero attached hydrogens (tertiary/aromatic N) is 3. The van der Waals surface area contributed by atoms with E-state index in [-0.39, 0.29) is 5.88 Å². The molecule has 60 valence electrons. The van der Waals surface area contributed by atoms with Crippen molar-refractivity contribution in [3.8, 4) is 5.88 Å². The minimum Gasteiger partial charge on any atom is -0.691 e. The third kappa shape index (κ3) is 0.833. The Hall–Kier alpha value is -1.91. The van der Waals surface area contributed by atoms with E-state index >= 15 is 0 Å². The van der Waals surface area contributed by atoms with Crippen molar-refractivity contribution in [1.82, 2.24) is 10.3 Å². The summed E-state index contributed by atoms with van der Waals surface area (Å²) >= 11 is 0. The summed E-state index contributed by atoms with van der Waals surface area (Å²) in [5.41, 5.74) is 0.310. The molecule has 0 aliphatic heterocycles. The van der Waals surface area contributed by atoms with Crippen LogP contribution in [-0.4, -0.2) is 15.4 Å². The van der Waals surface area contributed by atoms with Gasteiger partial charge in [0.05, 0.1) is 0 Å². The molecule has 5 nitrogen and oxygen atoms in total. The maximum atomic E-state index is 11.0. The quantitative estimate of drug-likeness (QED) is 0.437. The predicted octanol–water partition coefficient (Wildman–Crippen LogP) is -0.0312. The molecule has 0 amide bonds. The van der Waals surface area contributed by atoms with E-state index in [9.17, 15) is 5.21 Å². The van der Waals surface area contributed by atoms with Crippen molar-refractivity contribution >= 4 is 10.9 Å². The first-order chi connectivity index (χ1) is 5.79. The molecular formula is C7H5N3O2. The molecular weight excluding hydrogens is 158 g/mol. The minimum atomic E-state index is -0.224. The maximum Gasteiger partial charge on any atom is 0.365 e. The lowest BCUT2D eigenvalue weighted by atomic mass is 10.2. The number of para-hydroxylation sites is 1. The smallest absolute Gasteiger partial charge is 0.365 e. The third-order valence-corrected chi connectivity index (χ3v) is 1.57. The summed E-state index contributed by atoms with van der Waals surface area (Å²) in [5, 5.41) is 27.0. The Morgan fingerprint density at radius 2 is 2.08 bits per heavy atom. The Morgan fingerprint density at radius 1 is 1.33 bits per heavy atom. The van der Waals surface area contributed by atoms with Gasteiger partial charge in [0.15, 0.2) is 5.52 Å². The molecule has 12 heavy (non-hydrogen) atoms. The van der Waals surface area contributed by atoms with E-state index in [2.05, 4.69) is 10.3 Å². The Bertz CT molecular complexity index is 389. The van der Waals surface area contributed by atoms with Crippen molar-refractivity contribution in [2.24, 2.45) is 0 Å². The molecule has 1 heterocycles. The monoisotopic (exact) mass is 163 g/mol. The van der Waals surface area contributed by atoms with Crippen molar-refractivity contribution in [3.05, 3.63) is 29.5 Å². The maximum absolute atomic E-state index is 11.0. The SMILES string of the molecule is [O-][n+]1nnc(O)c2ccccc21. The first-order valence-electron chi connectivity index (χ1n) is 3.33. The van der Waals surface area contributed by atoms with E-state index in [4.69, 9.17) is 5.11 Å². The molecule has 0 saturated carbocycles. The summed E-state index contributed by atoms with van der Waals surface area (Å²) in [7, 11) is 0. The molecule has 0 bridgehead atoms. The number of benzene rings is 1. The predicted molar refractivity (Wildman–Crippen MR) is 40.2 cm³/mol. The van der Waals surface area contributed by atoms with Gasteiger partial charge in [0, 0.05) is 0 Å². The number of fused-ring (bicyclic) bond motifs is 1. The Kier molecular flexibility index (Phi) is 1.30. The molecule has 0 aliphatic carbocycles. The molecule has 0 spiro atoms. The molecule has 1 aromatic heterocycles. The van der Waals surface area contributed by atoms with Gasteiger partial charge in [0.2, 0.25) is 0 Å². The second-order valence-electron chi connectivity index (χ2n) is 2.30. The van der Waals surface area contributed by atoms with Crippen LogP contribution >= 0.6 is 0 Å². The average molecular weight is 163 g/mol. The number of aromatic nitrogens is 3. The number of aromatic hydroxyl groups is 1. The van der Waals surface area contributed by atoms with Crippen LogP contribution in [0.4, 0.5) is 0 Å². The highest BCUT2D eigenvalue weighted by molar-refractivity contribution is 5.79. The minimum absolute atomic E-state index is 0.224. The summed E-state index contributed by atoms with van der Waals surface area (Å²) in [6.07, 6.45) is 0. The molecule has 2 rings (SSSR count). The summed E-state index contributed by atoms with van der Waals surface area (Å²) in [4.78, 5) is 0.370. The summed E-state index contributed by atoms with van der Waals surface area (Å²) in [6, 6.07) is 6.58. The molecule has 0 fully saturated rings. The molecule has 5 heteroatoms. The van der Waals surface area contributed by atoms with Crippen molar-refractivity contribution in [2.75, 3.05) is 0 Å². The number of rotatable bonds is 0. The van der Waals surface area contributed by atoms with Gasteiger partial charge < -0.3 is 10.3 Å². The van der Waals surface area contributed by atoms with Crippen LogP contribution in [0.15, 0.2) is 24.3 Å². The second kappa shape index (κ2) is 2.30. The summed E-state index contributed by atoms with van der Waals surface area (Å²) in [5.74, 6) is -0.224. The molecule has 0 unspecified atom stereocenters. The van der Waals surface area contributed by atoms with Crippen molar-refractivity contribution < 1.29 is 9.95 Å². The van der Waals surface area contributed by atoms with E-state index in [0.29, 0.717) is 15.7 Å². The van der Waals surface area contributed by atoms with Crippen molar-refractivity contribution in [2.45, 2.75) is 0 Å². The van der Waals surface area contributed by atoms with Crippen LogP contribution in [-0.2, 0) is 0 Å². The third-order valence-electron chi connectivity index (χ3n) is 1.57. The number of hydrogen-bond acceptors (Lipinski definition) is 4. The van der Waals surface area contributed by atoms with Gasteiger partial charge in [-0.2, -0.15) is 0 Å². The Labute approximate surface area is 67.5 Å². The number of hydrogen-bond donors (Lipinski definition) is 1. The molecule has 2 aromatic rings. The fourth-order valence-corrected chi connectivity index (χ4v) is 1.01. The van der Waals surface area contributed by atoms with Crippen LogP contribution in [0.3, 0.4) is 0 Å². The van der Waals surface area contributed by atoms with Gasteiger partial charge in [-0.25, -0.2) is 0 Å². The topological polar surface area (TPSA) is 73.0 Å². The zero-order valence-corrected chi connectivity index (χ0v) is 6.01. The molecule has 0 saturated heterocycles. The lowest BCUT2D eigenvalue weighted by Crippen LogP contribution is -2.32. The standard InChI is InChI=1S/C7H5N3O2/c11-7-5-3-1-2-4-6(5)10(12)9-8-7/h1-4H,(H,8,11). The van der Waals surface area contributed by atoms with E-state index in [0.717, 1.165) is 0 Å².